The van der Waals surface area contributed by atoms with Crippen LogP contribution in [0, 0.1) is 5.41 Å². The average Bonchev–Trinajstić information content (AvgIpc) is 3.22. The highest BCUT2D eigenvalue weighted by atomic mass is 35.5. The van der Waals surface area contributed by atoms with Crippen LogP contribution in [0.2, 0.25) is 5.02 Å². The maximum Gasteiger partial charge on any atom is 0.268 e. The molecule has 2 aliphatic heterocycles. The topological polar surface area (TPSA) is 84.1 Å². The highest BCUT2D eigenvalue weighted by Gasteiger charge is 2.39. The van der Waals surface area contributed by atoms with Crippen molar-refractivity contribution in [2.75, 3.05) is 31.1 Å². The van der Waals surface area contributed by atoms with E-state index in [4.69, 9.17) is 22.3 Å². The molecule has 4 heterocycles. The zero-order valence-corrected chi connectivity index (χ0v) is 19.2. The molecule has 0 bridgehead atoms. The molecule has 0 saturated carbocycles. The molecule has 162 valence electrons. The first-order valence-electron chi connectivity index (χ1n) is 10.0. The second-order valence-corrected chi connectivity index (χ2v) is 9.33. The molecule has 3 N–H and O–H groups in total. The Kier molecular flexibility index (Phi) is 6.21. The summed E-state index contributed by atoms with van der Waals surface area (Å²) in [5, 5.41) is 6.70. The van der Waals surface area contributed by atoms with E-state index in [0.717, 1.165) is 43.1 Å². The predicted molar refractivity (Wildman–Crippen MR) is 128 cm³/mol. The lowest BCUT2D eigenvalue weighted by molar-refractivity contribution is 0.0996. The number of nitrogens with zero attached hydrogens (tertiary/aromatic N) is 3. The van der Waals surface area contributed by atoms with Crippen LogP contribution in [0.25, 0.3) is 21.8 Å². The molecule has 0 radical (unpaired) electrons. The van der Waals surface area contributed by atoms with Gasteiger partial charge < -0.3 is 16.0 Å². The summed E-state index contributed by atoms with van der Waals surface area (Å²) in [5.74, 6) is -0.552. The number of anilines is 1. The molecule has 2 fully saturated rings. The number of nitrogens with two attached hydrogens (primary N) is 1. The van der Waals surface area contributed by atoms with Crippen LogP contribution in [0.1, 0.15) is 23.3 Å². The van der Waals surface area contributed by atoms with Crippen molar-refractivity contribution >= 4 is 46.9 Å². The van der Waals surface area contributed by atoms with Gasteiger partial charge in [-0.2, -0.15) is 0 Å². The highest BCUT2D eigenvalue weighted by Crippen LogP contribution is 2.38. The Morgan fingerprint density at radius 3 is 2.58 bits per heavy atom. The fourth-order valence-corrected chi connectivity index (χ4v) is 5.32. The Morgan fingerprint density at radius 2 is 1.94 bits per heavy atom. The molecule has 3 aromatic rings. The molecule has 0 aliphatic carbocycles. The van der Waals surface area contributed by atoms with Crippen molar-refractivity contribution in [3.05, 3.63) is 52.6 Å². The number of rotatable bonds is 4. The van der Waals surface area contributed by atoms with Crippen molar-refractivity contribution in [3.63, 3.8) is 0 Å². The number of amides is 1. The summed E-state index contributed by atoms with van der Waals surface area (Å²) in [6.45, 7) is 4.21. The molecule has 9 heteroatoms. The first-order valence-corrected chi connectivity index (χ1v) is 11.3. The van der Waals surface area contributed by atoms with Gasteiger partial charge in [-0.25, -0.2) is 9.97 Å². The molecule has 5 rings (SSSR count). The van der Waals surface area contributed by atoms with Crippen molar-refractivity contribution < 1.29 is 4.79 Å². The minimum Gasteiger partial charge on any atom is -0.370 e. The Morgan fingerprint density at radius 1 is 1.19 bits per heavy atom. The average molecular weight is 476 g/mol. The lowest BCUT2D eigenvalue weighted by atomic mass is 9.73. The van der Waals surface area contributed by atoms with Crippen molar-refractivity contribution in [3.8, 4) is 21.8 Å². The number of aromatic nitrogens is 2. The fourth-order valence-electron chi connectivity index (χ4n) is 4.25. The lowest BCUT2D eigenvalue weighted by Crippen LogP contribution is -2.58. The summed E-state index contributed by atoms with van der Waals surface area (Å²) >= 11 is 7.79. The third-order valence-electron chi connectivity index (χ3n) is 6.18. The van der Waals surface area contributed by atoms with Crippen LogP contribution < -0.4 is 16.0 Å². The van der Waals surface area contributed by atoms with Gasteiger partial charge in [0.05, 0.1) is 17.6 Å². The summed E-state index contributed by atoms with van der Waals surface area (Å²) in [6, 6.07) is 9.59. The molecule has 2 aliphatic rings. The number of nitrogens with one attached hydrogen (secondary N) is 1. The van der Waals surface area contributed by atoms with Gasteiger partial charge in [0.25, 0.3) is 5.91 Å². The second-order valence-electron chi connectivity index (χ2n) is 8.06. The molecule has 2 saturated heterocycles. The third kappa shape index (κ3) is 4.15. The van der Waals surface area contributed by atoms with Crippen LogP contribution in [-0.2, 0) is 0 Å². The standard InChI is InChI=1S/C22H22ClN5OS.ClH/c23-17-4-2-1-3-15(17)18-11-30-21(27-18)16-9-14(10-26-19(16)20(24)29)28-7-5-22(6-8-28)12-25-13-22;/h1-4,9-11,25H,5-8,12-13H2,(H2,24,29);1H. The van der Waals surface area contributed by atoms with Crippen molar-refractivity contribution in [1.82, 2.24) is 15.3 Å². The van der Waals surface area contributed by atoms with E-state index in [1.165, 1.54) is 24.2 Å². The maximum atomic E-state index is 12.0. The van der Waals surface area contributed by atoms with E-state index in [9.17, 15) is 4.79 Å². The minimum atomic E-state index is -0.552. The number of thiazole rings is 1. The number of hydrogen-bond acceptors (Lipinski definition) is 6. The number of primary amides is 1. The highest BCUT2D eigenvalue weighted by molar-refractivity contribution is 7.13. The fraction of sp³-hybridized carbons (Fsp3) is 0.318. The van der Waals surface area contributed by atoms with Crippen molar-refractivity contribution in [2.45, 2.75) is 12.8 Å². The van der Waals surface area contributed by atoms with Crippen LogP contribution in [0.5, 0.6) is 0 Å². The monoisotopic (exact) mass is 475 g/mol. The van der Waals surface area contributed by atoms with Crippen molar-refractivity contribution in [1.29, 1.82) is 0 Å². The molecular formula is C22H23Cl2N5OS. The van der Waals surface area contributed by atoms with Crippen LogP contribution in [-0.4, -0.2) is 42.1 Å². The Balaban J connectivity index is 0.00000231. The number of halogens is 2. The van der Waals surface area contributed by atoms with Gasteiger partial charge in [-0.1, -0.05) is 29.8 Å². The molecule has 2 aromatic heterocycles. The molecule has 1 aromatic carbocycles. The zero-order valence-electron chi connectivity index (χ0n) is 16.8. The second kappa shape index (κ2) is 8.74. The van der Waals surface area contributed by atoms with Gasteiger partial charge in [0.2, 0.25) is 0 Å². The lowest BCUT2D eigenvalue weighted by Gasteiger charge is -2.48. The number of hydrogen-bond donors (Lipinski definition) is 2. The Bertz CT molecular complexity index is 1100. The van der Waals surface area contributed by atoms with Gasteiger partial charge >= 0.3 is 0 Å². The largest absolute Gasteiger partial charge is 0.370 e. The van der Waals surface area contributed by atoms with Gasteiger partial charge in [0, 0.05) is 47.7 Å². The molecule has 0 unspecified atom stereocenters. The van der Waals surface area contributed by atoms with Gasteiger partial charge in [-0.05, 0) is 30.4 Å². The van der Waals surface area contributed by atoms with Gasteiger partial charge in [-0.3, -0.25) is 4.79 Å². The normalized spacial score (nSPS) is 17.1. The van der Waals surface area contributed by atoms with E-state index in [0.29, 0.717) is 21.0 Å². The van der Waals surface area contributed by atoms with E-state index in [1.54, 1.807) is 6.20 Å². The summed E-state index contributed by atoms with van der Waals surface area (Å²) in [6.07, 6.45) is 4.09. The number of pyridine rings is 1. The van der Waals surface area contributed by atoms with Crippen LogP contribution in [0.4, 0.5) is 5.69 Å². The van der Waals surface area contributed by atoms with Gasteiger partial charge in [0.15, 0.2) is 0 Å². The molecule has 31 heavy (non-hydrogen) atoms. The van der Waals surface area contributed by atoms with Crippen LogP contribution >= 0.6 is 35.3 Å². The molecule has 1 spiro atoms. The number of carbonyl (C=O) groups excluding carboxylic acids is 1. The SMILES string of the molecule is Cl.NC(=O)c1ncc(N2CCC3(CC2)CNC3)cc1-c1nc(-c2ccccc2Cl)cs1. The van der Waals surface area contributed by atoms with Crippen LogP contribution in [0.3, 0.4) is 0 Å². The molecular weight excluding hydrogens is 453 g/mol. The first-order chi connectivity index (χ1) is 14.5. The number of benzene rings is 1. The predicted octanol–water partition coefficient (Wildman–Crippen LogP) is 4.24. The Hall–Kier alpha value is -2.19. The smallest absolute Gasteiger partial charge is 0.268 e. The quantitative estimate of drug-likeness (QED) is 0.589. The third-order valence-corrected chi connectivity index (χ3v) is 7.39. The van der Waals surface area contributed by atoms with E-state index in [2.05, 4.69) is 15.2 Å². The van der Waals surface area contributed by atoms with Gasteiger partial charge in [0.1, 0.15) is 10.7 Å². The van der Waals surface area contributed by atoms with Gasteiger partial charge in [-0.15, -0.1) is 23.7 Å². The molecule has 6 nitrogen and oxygen atoms in total. The summed E-state index contributed by atoms with van der Waals surface area (Å²) in [7, 11) is 0. The van der Waals surface area contributed by atoms with E-state index in [-0.39, 0.29) is 18.1 Å². The molecule has 1 amide bonds. The zero-order chi connectivity index (χ0) is 20.7. The summed E-state index contributed by atoms with van der Waals surface area (Å²) < 4.78 is 0. The molecule has 0 atom stereocenters. The maximum absolute atomic E-state index is 12.0. The van der Waals surface area contributed by atoms with Crippen molar-refractivity contribution in [2.24, 2.45) is 11.1 Å². The van der Waals surface area contributed by atoms with E-state index in [1.807, 2.05) is 35.7 Å². The van der Waals surface area contributed by atoms with Crippen LogP contribution in [0.15, 0.2) is 41.9 Å². The number of carbonyl (C=O) groups is 1. The summed E-state index contributed by atoms with van der Waals surface area (Å²) in [5.41, 5.74) is 9.66. The number of piperidine rings is 1. The van der Waals surface area contributed by atoms with E-state index < -0.39 is 5.91 Å². The van der Waals surface area contributed by atoms with E-state index >= 15 is 0 Å². The summed E-state index contributed by atoms with van der Waals surface area (Å²) in [4.78, 5) is 23.5. The minimum absolute atomic E-state index is 0. The first kappa shape index (κ1) is 22.0. The Labute approximate surface area is 196 Å².